The molecule has 0 aliphatic carbocycles. The molecule has 1 N–H and O–H groups in total. The topological polar surface area (TPSA) is 29.5 Å². The van der Waals surface area contributed by atoms with E-state index < -0.39 is 5.60 Å². The van der Waals surface area contributed by atoms with Crippen molar-refractivity contribution in [1.29, 1.82) is 0 Å². The van der Waals surface area contributed by atoms with Gasteiger partial charge in [0, 0.05) is 17.5 Å². The fourth-order valence-electron chi connectivity index (χ4n) is 2.00. The van der Waals surface area contributed by atoms with Crippen molar-refractivity contribution in [3.63, 3.8) is 0 Å². The highest BCUT2D eigenvalue weighted by atomic mass is 79.9. The molecule has 1 aromatic rings. The molecule has 0 saturated carbocycles. The summed E-state index contributed by atoms with van der Waals surface area (Å²) in [5.41, 5.74) is 0.483. The van der Waals surface area contributed by atoms with Gasteiger partial charge in [-0.15, -0.1) is 0 Å². The zero-order chi connectivity index (χ0) is 10.7. The van der Waals surface area contributed by atoms with E-state index in [9.17, 15) is 5.11 Å². The summed E-state index contributed by atoms with van der Waals surface area (Å²) in [7, 11) is 0. The molecule has 0 radical (unpaired) electrons. The number of hydrogen-bond donors (Lipinski definition) is 1. The van der Waals surface area contributed by atoms with Crippen molar-refractivity contribution in [2.24, 2.45) is 0 Å². The van der Waals surface area contributed by atoms with Crippen LogP contribution in [0.2, 0.25) is 0 Å². The van der Waals surface area contributed by atoms with Gasteiger partial charge in [-0.25, -0.2) is 0 Å². The summed E-state index contributed by atoms with van der Waals surface area (Å²) in [6.07, 6.45) is 2.45. The van der Waals surface area contributed by atoms with Gasteiger partial charge in [0.15, 0.2) is 0 Å². The first-order chi connectivity index (χ1) is 7.18. The monoisotopic (exact) mass is 270 g/mol. The maximum Gasteiger partial charge on any atom is 0.0921 e. The molecule has 0 aromatic heterocycles. The van der Waals surface area contributed by atoms with Crippen molar-refractivity contribution in [3.8, 4) is 0 Å². The molecule has 2 nitrogen and oxygen atoms in total. The van der Waals surface area contributed by atoms with Gasteiger partial charge in [-0.2, -0.15) is 0 Å². The number of halogens is 1. The molecule has 1 saturated heterocycles. The van der Waals surface area contributed by atoms with Gasteiger partial charge >= 0.3 is 0 Å². The highest BCUT2D eigenvalue weighted by Crippen LogP contribution is 2.24. The molecular weight excluding hydrogens is 256 g/mol. The van der Waals surface area contributed by atoms with Crippen molar-refractivity contribution in [1.82, 2.24) is 0 Å². The third-order valence-corrected chi connectivity index (χ3v) is 3.22. The van der Waals surface area contributed by atoms with Crippen LogP contribution in [0.15, 0.2) is 28.7 Å². The average molecular weight is 271 g/mol. The van der Waals surface area contributed by atoms with E-state index in [4.69, 9.17) is 4.74 Å². The molecule has 1 aliphatic rings. The van der Waals surface area contributed by atoms with Crippen molar-refractivity contribution in [2.45, 2.75) is 24.9 Å². The Balaban J connectivity index is 2.06. The van der Waals surface area contributed by atoms with E-state index in [-0.39, 0.29) is 0 Å². The Kier molecular flexibility index (Phi) is 3.44. The summed E-state index contributed by atoms with van der Waals surface area (Å²) in [5, 5.41) is 10.3. The lowest BCUT2D eigenvalue weighted by Gasteiger charge is -2.32. The zero-order valence-corrected chi connectivity index (χ0v) is 10.2. The van der Waals surface area contributed by atoms with Crippen LogP contribution in [0.5, 0.6) is 0 Å². The Morgan fingerprint density at radius 3 is 3.00 bits per heavy atom. The predicted molar refractivity (Wildman–Crippen MR) is 62.8 cm³/mol. The van der Waals surface area contributed by atoms with E-state index in [0.717, 1.165) is 29.5 Å². The lowest BCUT2D eigenvalue weighted by Crippen LogP contribution is -2.40. The maximum atomic E-state index is 10.3. The van der Waals surface area contributed by atoms with Crippen LogP contribution in [0, 0.1) is 0 Å². The molecule has 3 heteroatoms. The maximum absolute atomic E-state index is 10.3. The third-order valence-electron chi connectivity index (χ3n) is 2.72. The number of aliphatic hydroxyl groups is 1. The van der Waals surface area contributed by atoms with Gasteiger partial charge in [0.2, 0.25) is 0 Å². The molecule has 2 rings (SSSR count). The Hall–Kier alpha value is -0.380. The second-order valence-corrected chi connectivity index (χ2v) is 5.10. The standard InChI is InChI=1S/C12H15BrO2/c13-11-4-1-3-10(7-11)8-12(14)5-2-6-15-9-12/h1,3-4,7,14H,2,5-6,8-9H2. The van der Waals surface area contributed by atoms with Gasteiger partial charge in [-0.05, 0) is 30.5 Å². The molecule has 0 bridgehead atoms. The van der Waals surface area contributed by atoms with Crippen LogP contribution < -0.4 is 0 Å². The van der Waals surface area contributed by atoms with Gasteiger partial charge < -0.3 is 9.84 Å². The Morgan fingerprint density at radius 2 is 2.33 bits per heavy atom. The number of rotatable bonds is 2. The van der Waals surface area contributed by atoms with Gasteiger partial charge in [-0.3, -0.25) is 0 Å². The van der Waals surface area contributed by atoms with Crippen molar-refractivity contribution in [3.05, 3.63) is 34.3 Å². The lowest BCUT2D eigenvalue weighted by molar-refractivity contribution is -0.0845. The van der Waals surface area contributed by atoms with E-state index in [0.29, 0.717) is 13.0 Å². The summed E-state index contributed by atoms with van der Waals surface area (Å²) in [6.45, 7) is 1.24. The van der Waals surface area contributed by atoms with Gasteiger partial charge in [0.05, 0.1) is 12.2 Å². The quantitative estimate of drug-likeness (QED) is 0.895. The molecule has 15 heavy (non-hydrogen) atoms. The van der Waals surface area contributed by atoms with E-state index in [2.05, 4.69) is 15.9 Å². The molecule has 1 fully saturated rings. The summed E-state index contributed by atoms with van der Waals surface area (Å²) in [6, 6.07) is 8.07. The Labute approximate surface area is 98.4 Å². The molecule has 0 spiro atoms. The van der Waals surface area contributed by atoms with Crippen LogP contribution >= 0.6 is 15.9 Å². The molecule has 1 heterocycles. The van der Waals surface area contributed by atoms with Crippen LogP contribution in [0.25, 0.3) is 0 Å². The summed E-state index contributed by atoms with van der Waals surface area (Å²) in [4.78, 5) is 0. The molecule has 1 aromatic carbocycles. The second-order valence-electron chi connectivity index (χ2n) is 4.19. The largest absolute Gasteiger partial charge is 0.387 e. The summed E-state index contributed by atoms with van der Waals surface area (Å²) < 4.78 is 6.38. The van der Waals surface area contributed by atoms with E-state index in [1.807, 2.05) is 24.3 Å². The van der Waals surface area contributed by atoms with E-state index in [1.165, 1.54) is 0 Å². The fourth-order valence-corrected chi connectivity index (χ4v) is 2.45. The molecular formula is C12H15BrO2. The molecule has 1 aliphatic heterocycles. The van der Waals surface area contributed by atoms with Crippen LogP contribution in [0.1, 0.15) is 18.4 Å². The first-order valence-electron chi connectivity index (χ1n) is 5.23. The minimum absolute atomic E-state index is 0.458. The smallest absolute Gasteiger partial charge is 0.0921 e. The normalized spacial score (nSPS) is 26.5. The highest BCUT2D eigenvalue weighted by Gasteiger charge is 2.30. The zero-order valence-electron chi connectivity index (χ0n) is 8.58. The van der Waals surface area contributed by atoms with Crippen LogP contribution in [-0.4, -0.2) is 23.9 Å². The summed E-state index contributed by atoms with van der Waals surface area (Å²) >= 11 is 3.43. The number of benzene rings is 1. The minimum Gasteiger partial charge on any atom is -0.387 e. The fraction of sp³-hybridized carbons (Fsp3) is 0.500. The molecule has 1 unspecified atom stereocenters. The first kappa shape index (κ1) is 11.1. The Bertz CT molecular complexity index is 332. The third kappa shape index (κ3) is 3.03. The minimum atomic E-state index is -0.668. The van der Waals surface area contributed by atoms with Gasteiger partial charge in [-0.1, -0.05) is 28.1 Å². The van der Waals surface area contributed by atoms with Gasteiger partial charge in [0.1, 0.15) is 0 Å². The SMILES string of the molecule is OC1(Cc2cccc(Br)c2)CCCOC1. The molecule has 82 valence electrons. The van der Waals surface area contributed by atoms with Crippen LogP contribution in [0.4, 0.5) is 0 Å². The van der Waals surface area contributed by atoms with E-state index >= 15 is 0 Å². The second kappa shape index (κ2) is 4.64. The van der Waals surface area contributed by atoms with Crippen molar-refractivity contribution < 1.29 is 9.84 Å². The predicted octanol–water partition coefficient (Wildman–Crippen LogP) is 2.53. The number of ether oxygens (including phenoxy) is 1. The van der Waals surface area contributed by atoms with Crippen LogP contribution in [0.3, 0.4) is 0 Å². The average Bonchev–Trinajstić information content (AvgIpc) is 2.18. The Morgan fingerprint density at radius 1 is 1.47 bits per heavy atom. The lowest BCUT2D eigenvalue weighted by atomic mass is 9.89. The molecule has 0 amide bonds. The summed E-state index contributed by atoms with van der Waals surface area (Å²) in [5.74, 6) is 0. The number of hydrogen-bond acceptors (Lipinski definition) is 2. The highest BCUT2D eigenvalue weighted by molar-refractivity contribution is 9.10. The van der Waals surface area contributed by atoms with Crippen LogP contribution in [-0.2, 0) is 11.2 Å². The van der Waals surface area contributed by atoms with Gasteiger partial charge in [0.25, 0.3) is 0 Å². The molecule has 1 atom stereocenters. The van der Waals surface area contributed by atoms with Crippen molar-refractivity contribution in [2.75, 3.05) is 13.2 Å². The first-order valence-corrected chi connectivity index (χ1v) is 6.02. The van der Waals surface area contributed by atoms with Crippen molar-refractivity contribution >= 4 is 15.9 Å². The van der Waals surface area contributed by atoms with E-state index in [1.54, 1.807) is 0 Å².